The fraction of sp³-hybridized carbons (Fsp3) is 0.846. The summed E-state index contributed by atoms with van der Waals surface area (Å²) in [6.07, 6.45) is 14.0. The number of allylic oxidation sites excluding steroid dienone is 3. The van der Waals surface area contributed by atoms with Gasteiger partial charge in [0.2, 0.25) is 8.32 Å². The predicted molar refractivity (Wildman–Crippen MR) is 132 cm³/mol. The Bertz CT molecular complexity index is 758. The average molecular weight is 447 g/mol. The minimum absolute atomic E-state index is 0.0783. The predicted octanol–water partition coefficient (Wildman–Crippen LogP) is 7.90. The maximum absolute atomic E-state index is 6.94. The highest BCUT2D eigenvalue weighted by molar-refractivity contribution is 6.70. The Morgan fingerprint density at radius 2 is 1.53 bits per heavy atom. The molecule has 0 radical (unpaired) electrons. The van der Waals surface area contributed by atoms with Crippen molar-refractivity contribution >= 4 is 16.6 Å². The van der Waals surface area contributed by atoms with Crippen LogP contribution in [0.4, 0.5) is 0 Å². The molecule has 5 unspecified atom stereocenters. The highest BCUT2D eigenvalue weighted by Crippen LogP contribution is 2.68. The monoisotopic (exact) mass is 446 g/mol. The van der Waals surface area contributed by atoms with Crippen molar-refractivity contribution in [1.82, 2.24) is 0 Å². The van der Waals surface area contributed by atoms with Crippen LogP contribution in [0.5, 0.6) is 0 Å². The molecule has 0 bridgehead atoms. The van der Waals surface area contributed by atoms with Crippen molar-refractivity contribution < 1.29 is 8.85 Å². The van der Waals surface area contributed by atoms with Crippen LogP contribution in [0.15, 0.2) is 23.5 Å². The first-order valence-electron chi connectivity index (χ1n) is 12.5. The molecule has 30 heavy (non-hydrogen) atoms. The van der Waals surface area contributed by atoms with E-state index in [1.807, 2.05) is 0 Å². The van der Waals surface area contributed by atoms with Gasteiger partial charge in [0.25, 0.3) is 0 Å². The molecule has 0 aromatic rings. The molecular formula is C26H46O2Si2. The number of hydrogen-bond acceptors (Lipinski definition) is 2. The van der Waals surface area contributed by atoms with Crippen molar-refractivity contribution in [3.8, 4) is 0 Å². The molecule has 0 aliphatic heterocycles. The molecule has 4 aliphatic rings. The number of fused-ring (bicyclic) bond motifs is 5. The lowest BCUT2D eigenvalue weighted by atomic mass is 9.47. The summed E-state index contributed by atoms with van der Waals surface area (Å²) in [5.74, 6) is 3.69. The summed E-state index contributed by atoms with van der Waals surface area (Å²) < 4.78 is 13.3. The SMILES string of the molecule is CC12CC=C(O[Si](C)(C)C)C=C1CCC1C2CCC2(C)C1CC[C@]2(C)O[Si](C)(C)C. The lowest BCUT2D eigenvalue weighted by Crippen LogP contribution is -2.56. The molecular weight excluding hydrogens is 400 g/mol. The van der Waals surface area contributed by atoms with E-state index < -0.39 is 16.6 Å². The van der Waals surface area contributed by atoms with Crippen molar-refractivity contribution in [3.63, 3.8) is 0 Å². The molecule has 3 saturated carbocycles. The van der Waals surface area contributed by atoms with E-state index in [4.69, 9.17) is 8.85 Å². The summed E-state index contributed by atoms with van der Waals surface area (Å²) in [6.45, 7) is 21.6. The van der Waals surface area contributed by atoms with Crippen molar-refractivity contribution in [1.29, 1.82) is 0 Å². The first-order valence-corrected chi connectivity index (χ1v) is 19.3. The molecule has 3 fully saturated rings. The zero-order valence-electron chi connectivity index (χ0n) is 21.2. The van der Waals surface area contributed by atoms with Gasteiger partial charge in [0.05, 0.1) is 11.4 Å². The summed E-state index contributed by atoms with van der Waals surface area (Å²) in [5, 5.41) is 0. The van der Waals surface area contributed by atoms with E-state index in [2.05, 4.69) is 72.2 Å². The molecule has 0 spiro atoms. The maximum Gasteiger partial charge on any atom is 0.242 e. The van der Waals surface area contributed by atoms with Gasteiger partial charge in [-0.05, 0) is 132 Å². The normalized spacial score (nSPS) is 43.8. The highest BCUT2D eigenvalue weighted by Gasteiger charge is 2.63. The van der Waals surface area contributed by atoms with Crippen LogP contribution in [0.25, 0.3) is 0 Å². The quantitative estimate of drug-likeness (QED) is 0.408. The van der Waals surface area contributed by atoms with Crippen LogP contribution >= 0.6 is 0 Å². The van der Waals surface area contributed by atoms with Gasteiger partial charge in [0, 0.05) is 0 Å². The first-order chi connectivity index (χ1) is 13.7. The van der Waals surface area contributed by atoms with Crippen LogP contribution in [0.2, 0.25) is 39.3 Å². The van der Waals surface area contributed by atoms with Gasteiger partial charge in [-0.15, -0.1) is 0 Å². The van der Waals surface area contributed by atoms with Crippen LogP contribution in [0, 0.1) is 28.6 Å². The number of hydrogen-bond donors (Lipinski definition) is 0. The Kier molecular flexibility index (Phi) is 5.40. The molecule has 2 nitrogen and oxygen atoms in total. The van der Waals surface area contributed by atoms with Gasteiger partial charge in [-0.3, -0.25) is 0 Å². The molecule has 170 valence electrons. The second-order valence-corrected chi connectivity index (χ2v) is 22.3. The van der Waals surface area contributed by atoms with Gasteiger partial charge in [-0.1, -0.05) is 19.4 Å². The Balaban J connectivity index is 1.57. The summed E-state index contributed by atoms with van der Waals surface area (Å²) in [7, 11) is -3.11. The third-order valence-corrected chi connectivity index (χ3v) is 11.2. The van der Waals surface area contributed by atoms with E-state index >= 15 is 0 Å². The minimum atomic E-state index is -1.56. The van der Waals surface area contributed by atoms with Gasteiger partial charge >= 0.3 is 0 Å². The standard InChI is InChI=1S/C26H46O2Si2/c1-24-15-12-20(27-29(4,5)6)18-19(24)10-11-21-22(24)13-16-25(2)23(21)14-17-26(25,3)28-30(7,8)9/h12,18,21-23H,10-11,13-17H2,1-9H3/t21?,22?,23?,24?,25?,26-/m0/s1. The summed E-state index contributed by atoms with van der Waals surface area (Å²) in [4.78, 5) is 0. The molecule has 4 rings (SSSR count). The van der Waals surface area contributed by atoms with E-state index in [-0.39, 0.29) is 5.60 Å². The van der Waals surface area contributed by atoms with E-state index in [0.29, 0.717) is 10.8 Å². The van der Waals surface area contributed by atoms with Crippen LogP contribution in [0.1, 0.15) is 65.7 Å². The van der Waals surface area contributed by atoms with E-state index in [1.54, 1.807) is 5.57 Å². The molecule has 6 atom stereocenters. The smallest absolute Gasteiger partial charge is 0.242 e. The van der Waals surface area contributed by atoms with Gasteiger partial charge < -0.3 is 8.85 Å². The fourth-order valence-corrected chi connectivity index (χ4v) is 10.4. The molecule has 0 aromatic carbocycles. The fourth-order valence-electron chi connectivity index (χ4n) is 7.88. The Hall–Kier alpha value is -0.326. The lowest BCUT2D eigenvalue weighted by Gasteiger charge is -2.59. The van der Waals surface area contributed by atoms with E-state index in [1.165, 1.54) is 44.9 Å². The van der Waals surface area contributed by atoms with Crippen molar-refractivity contribution in [2.45, 2.75) is 111 Å². The molecule has 0 amide bonds. The zero-order valence-corrected chi connectivity index (χ0v) is 23.2. The molecule has 0 heterocycles. The summed E-state index contributed by atoms with van der Waals surface area (Å²) in [5.41, 5.74) is 2.45. The second-order valence-electron chi connectivity index (χ2n) is 13.5. The van der Waals surface area contributed by atoms with Crippen LogP contribution in [-0.4, -0.2) is 22.2 Å². The molecule has 0 N–H and O–H groups in total. The second kappa shape index (κ2) is 7.08. The topological polar surface area (TPSA) is 18.5 Å². The Morgan fingerprint density at radius 3 is 2.17 bits per heavy atom. The molecule has 4 heteroatoms. The van der Waals surface area contributed by atoms with Crippen molar-refractivity contribution in [2.24, 2.45) is 28.6 Å². The lowest BCUT2D eigenvalue weighted by molar-refractivity contribution is -0.107. The average Bonchev–Trinajstić information content (AvgIpc) is 2.83. The van der Waals surface area contributed by atoms with Gasteiger partial charge in [0.15, 0.2) is 8.32 Å². The summed E-state index contributed by atoms with van der Waals surface area (Å²) >= 11 is 0. The van der Waals surface area contributed by atoms with Crippen LogP contribution < -0.4 is 0 Å². The molecule has 0 saturated heterocycles. The van der Waals surface area contributed by atoms with Gasteiger partial charge in [-0.2, -0.15) is 0 Å². The number of rotatable bonds is 4. The van der Waals surface area contributed by atoms with E-state index in [9.17, 15) is 0 Å². The van der Waals surface area contributed by atoms with Gasteiger partial charge in [0.1, 0.15) is 0 Å². The summed E-state index contributed by atoms with van der Waals surface area (Å²) in [6, 6.07) is 0. The maximum atomic E-state index is 6.94. The van der Waals surface area contributed by atoms with E-state index in [0.717, 1.165) is 23.5 Å². The Labute approximate surface area is 188 Å². The minimum Gasteiger partial charge on any atom is -0.545 e. The molecule has 4 aliphatic carbocycles. The third-order valence-electron chi connectivity index (χ3n) is 9.27. The van der Waals surface area contributed by atoms with Crippen LogP contribution in [0.3, 0.4) is 0 Å². The highest BCUT2D eigenvalue weighted by atomic mass is 28.4. The van der Waals surface area contributed by atoms with Crippen molar-refractivity contribution in [3.05, 3.63) is 23.5 Å². The Morgan fingerprint density at radius 1 is 0.867 bits per heavy atom. The third kappa shape index (κ3) is 3.73. The largest absolute Gasteiger partial charge is 0.545 e. The molecule has 0 aromatic heterocycles. The first kappa shape index (κ1) is 22.9. The zero-order chi connectivity index (χ0) is 22.2. The van der Waals surface area contributed by atoms with Crippen molar-refractivity contribution in [2.75, 3.05) is 0 Å². The van der Waals surface area contributed by atoms with Gasteiger partial charge in [-0.25, -0.2) is 0 Å². The van der Waals surface area contributed by atoms with Crippen LogP contribution in [-0.2, 0) is 8.85 Å².